The summed E-state index contributed by atoms with van der Waals surface area (Å²) < 4.78 is 0. The predicted octanol–water partition coefficient (Wildman–Crippen LogP) is -2.54. The number of carbonyl (C=O) groups excluding carboxylic acids is 3. The molecule has 36 heavy (non-hydrogen) atoms. The monoisotopic (exact) mass is 516 g/mol. The van der Waals surface area contributed by atoms with E-state index in [1.807, 2.05) is 0 Å². The number of hydrogen-bond donors (Lipinski definition) is 9. The molecule has 0 aromatic carbocycles. The molecule has 0 aliphatic carbocycles. The third kappa shape index (κ3) is 13.8. The van der Waals surface area contributed by atoms with Crippen molar-refractivity contribution in [1.82, 2.24) is 16.0 Å². The van der Waals surface area contributed by atoms with Gasteiger partial charge in [0.15, 0.2) is 5.96 Å². The molecule has 0 aromatic heterocycles. The Hall–Kier alpha value is -2.97. The minimum Gasteiger partial charge on any atom is -0.480 e. The fraction of sp³-hybridized carbons (Fsp3) is 0.773. The van der Waals surface area contributed by atoms with Crippen LogP contribution < -0.4 is 38.9 Å². The van der Waals surface area contributed by atoms with Gasteiger partial charge in [-0.05, 0) is 57.9 Å². The van der Waals surface area contributed by atoms with Gasteiger partial charge in [0.25, 0.3) is 0 Å². The maximum atomic E-state index is 13.0. The van der Waals surface area contributed by atoms with Gasteiger partial charge in [0.2, 0.25) is 17.7 Å². The van der Waals surface area contributed by atoms with E-state index >= 15 is 0 Å². The highest BCUT2D eigenvalue weighted by molar-refractivity contribution is 5.94. The number of nitrogens with zero attached hydrogens (tertiary/aromatic N) is 1. The topological polar surface area (TPSA) is 261 Å². The zero-order valence-electron chi connectivity index (χ0n) is 21.4. The van der Waals surface area contributed by atoms with Crippen LogP contribution in [0.15, 0.2) is 4.99 Å². The molecule has 0 saturated heterocycles. The Kier molecular flexibility index (Phi) is 16.0. The number of nitrogens with one attached hydrogen (secondary N) is 3. The summed E-state index contributed by atoms with van der Waals surface area (Å²) in [6, 6.07) is -4.60. The first-order valence-corrected chi connectivity index (χ1v) is 12.1. The van der Waals surface area contributed by atoms with Crippen LogP contribution >= 0.6 is 0 Å². The lowest BCUT2D eigenvalue weighted by Gasteiger charge is -2.27. The van der Waals surface area contributed by atoms with E-state index in [0.717, 1.165) is 0 Å². The molecule has 0 aromatic rings. The number of aliphatic hydroxyl groups excluding tert-OH is 1. The van der Waals surface area contributed by atoms with Crippen molar-refractivity contribution in [3.05, 3.63) is 0 Å². The molecule has 0 rings (SSSR count). The highest BCUT2D eigenvalue weighted by atomic mass is 16.4. The molecular weight excluding hydrogens is 472 g/mol. The van der Waals surface area contributed by atoms with Gasteiger partial charge in [-0.2, -0.15) is 0 Å². The summed E-state index contributed by atoms with van der Waals surface area (Å²) in [5.74, 6) is -3.46. The van der Waals surface area contributed by atoms with Crippen molar-refractivity contribution in [1.29, 1.82) is 0 Å². The molecule has 14 nitrogen and oxygen atoms in total. The number of aliphatic imine (C=N–C) groups is 1. The lowest BCUT2D eigenvalue weighted by Crippen LogP contribution is -2.59. The molecule has 0 bridgehead atoms. The minimum atomic E-state index is -1.44. The molecule has 5 unspecified atom stereocenters. The molecule has 0 aliphatic heterocycles. The number of carbonyl (C=O) groups is 4. The Balaban J connectivity index is 5.35. The van der Waals surface area contributed by atoms with Crippen molar-refractivity contribution in [3.8, 4) is 0 Å². The van der Waals surface area contributed by atoms with E-state index in [0.29, 0.717) is 32.4 Å². The molecule has 5 atom stereocenters. The van der Waals surface area contributed by atoms with Gasteiger partial charge in [-0.15, -0.1) is 0 Å². The molecule has 0 radical (unpaired) electrons. The van der Waals surface area contributed by atoms with Gasteiger partial charge in [0, 0.05) is 6.54 Å². The Morgan fingerprint density at radius 3 is 1.97 bits per heavy atom. The standard InChI is InChI=1S/C22H44N8O6/c1-12(2)11-16(21(35)36)29-20(34)17(13(3)31)30-19(33)15(8-4-5-9-23)28-18(32)14(24)7-6-10-27-22(25)26/h12-17,31H,4-11,23-24H2,1-3H3,(H,28,32)(H,29,34)(H,30,33)(H,35,36)(H4,25,26,27). The zero-order valence-corrected chi connectivity index (χ0v) is 21.4. The number of aliphatic carboxylic acids is 1. The van der Waals surface area contributed by atoms with Gasteiger partial charge >= 0.3 is 5.97 Å². The summed E-state index contributed by atoms with van der Waals surface area (Å²) in [4.78, 5) is 53.6. The Bertz CT molecular complexity index is 742. The lowest BCUT2D eigenvalue weighted by atomic mass is 10.0. The number of carboxylic acids is 1. The van der Waals surface area contributed by atoms with Crippen LogP contribution in [0.3, 0.4) is 0 Å². The van der Waals surface area contributed by atoms with Crippen molar-refractivity contribution >= 4 is 29.7 Å². The highest BCUT2D eigenvalue weighted by Crippen LogP contribution is 2.08. The second-order valence-electron chi connectivity index (χ2n) is 9.16. The average Bonchev–Trinajstić information content (AvgIpc) is 2.77. The number of aliphatic hydroxyl groups is 1. The SMILES string of the molecule is CC(C)CC(NC(=O)C(NC(=O)C(CCCCN)NC(=O)C(N)CCCN=C(N)N)C(C)O)C(=O)O. The summed E-state index contributed by atoms with van der Waals surface area (Å²) in [6.45, 7) is 5.57. The molecule has 0 saturated carbocycles. The fourth-order valence-corrected chi connectivity index (χ4v) is 3.30. The average molecular weight is 517 g/mol. The van der Waals surface area contributed by atoms with Crippen LogP contribution in [0.25, 0.3) is 0 Å². The van der Waals surface area contributed by atoms with Crippen LogP contribution in [0.2, 0.25) is 0 Å². The maximum Gasteiger partial charge on any atom is 0.326 e. The van der Waals surface area contributed by atoms with Gasteiger partial charge in [-0.25, -0.2) is 4.79 Å². The van der Waals surface area contributed by atoms with Gasteiger partial charge in [0.1, 0.15) is 18.1 Å². The normalized spacial score (nSPS) is 15.2. The first-order valence-electron chi connectivity index (χ1n) is 12.1. The molecule has 3 amide bonds. The van der Waals surface area contributed by atoms with Crippen LogP contribution in [0.5, 0.6) is 0 Å². The van der Waals surface area contributed by atoms with Crippen LogP contribution in [0.4, 0.5) is 0 Å². The summed E-state index contributed by atoms with van der Waals surface area (Å²) >= 11 is 0. The Morgan fingerprint density at radius 1 is 0.861 bits per heavy atom. The number of unbranched alkanes of at least 4 members (excludes halogenated alkanes) is 1. The summed E-state index contributed by atoms with van der Waals surface area (Å²) in [6.07, 6.45) is 0.873. The van der Waals surface area contributed by atoms with Crippen molar-refractivity contribution in [2.75, 3.05) is 13.1 Å². The van der Waals surface area contributed by atoms with Crippen LogP contribution in [-0.2, 0) is 19.2 Å². The van der Waals surface area contributed by atoms with E-state index in [1.54, 1.807) is 13.8 Å². The van der Waals surface area contributed by atoms with Gasteiger partial charge < -0.3 is 49.1 Å². The van der Waals surface area contributed by atoms with Crippen LogP contribution in [0, 0.1) is 5.92 Å². The first-order chi connectivity index (χ1) is 16.8. The van der Waals surface area contributed by atoms with Crippen molar-refractivity contribution < 1.29 is 29.4 Å². The summed E-state index contributed by atoms with van der Waals surface area (Å²) in [7, 11) is 0. The Morgan fingerprint density at radius 2 is 1.47 bits per heavy atom. The van der Waals surface area contributed by atoms with Gasteiger partial charge in [0.05, 0.1) is 12.1 Å². The van der Waals surface area contributed by atoms with E-state index in [1.165, 1.54) is 6.92 Å². The van der Waals surface area contributed by atoms with Crippen molar-refractivity contribution in [2.45, 2.75) is 89.6 Å². The van der Waals surface area contributed by atoms with Crippen molar-refractivity contribution in [3.63, 3.8) is 0 Å². The maximum absolute atomic E-state index is 13.0. The van der Waals surface area contributed by atoms with E-state index in [2.05, 4.69) is 20.9 Å². The van der Waals surface area contributed by atoms with Gasteiger partial charge in [-0.1, -0.05) is 13.8 Å². The smallest absolute Gasteiger partial charge is 0.326 e. The number of guanidine groups is 1. The number of carboxylic acid groups (broad SMARTS) is 1. The van der Waals surface area contributed by atoms with Gasteiger partial charge in [-0.3, -0.25) is 19.4 Å². The number of nitrogens with two attached hydrogens (primary N) is 4. The summed E-state index contributed by atoms with van der Waals surface area (Å²) in [5.41, 5.74) is 22.0. The molecule has 13 N–H and O–H groups in total. The molecule has 0 fully saturated rings. The molecule has 0 aliphatic rings. The summed E-state index contributed by atoms with van der Waals surface area (Å²) in [5, 5.41) is 26.9. The number of amides is 3. The molecule has 208 valence electrons. The third-order valence-electron chi connectivity index (χ3n) is 5.27. The second-order valence-corrected chi connectivity index (χ2v) is 9.16. The van der Waals surface area contributed by atoms with E-state index in [-0.39, 0.29) is 31.1 Å². The number of rotatable bonds is 18. The molecule has 0 heterocycles. The van der Waals surface area contributed by atoms with Crippen LogP contribution in [0.1, 0.15) is 59.3 Å². The van der Waals surface area contributed by atoms with E-state index < -0.39 is 54.0 Å². The quantitative estimate of drug-likeness (QED) is 0.0523. The third-order valence-corrected chi connectivity index (χ3v) is 5.27. The predicted molar refractivity (Wildman–Crippen MR) is 135 cm³/mol. The largest absolute Gasteiger partial charge is 0.480 e. The van der Waals surface area contributed by atoms with E-state index in [9.17, 15) is 29.4 Å². The first kappa shape index (κ1) is 33.0. The van der Waals surface area contributed by atoms with E-state index in [4.69, 9.17) is 22.9 Å². The molecular formula is C22H44N8O6. The van der Waals surface area contributed by atoms with Crippen molar-refractivity contribution in [2.24, 2.45) is 33.8 Å². The zero-order chi connectivity index (χ0) is 27.8. The Labute approximate surface area is 212 Å². The molecule has 0 spiro atoms. The highest BCUT2D eigenvalue weighted by Gasteiger charge is 2.32. The molecule has 14 heteroatoms. The lowest BCUT2D eigenvalue weighted by molar-refractivity contribution is -0.143. The van der Waals surface area contributed by atoms with Crippen LogP contribution in [-0.4, -0.2) is 83.2 Å². The second kappa shape index (κ2) is 17.5. The minimum absolute atomic E-state index is 0.0168. The fourth-order valence-electron chi connectivity index (χ4n) is 3.30. The number of hydrogen-bond acceptors (Lipinski definition) is 8.